The molecule has 0 radical (unpaired) electrons. The summed E-state index contributed by atoms with van der Waals surface area (Å²) in [5, 5.41) is 13.9. The quantitative estimate of drug-likeness (QED) is 0.0272. The Kier molecular flexibility index (Phi) is 55.4. The Hall–Kier alpha value is -0.760. The zero-order valence-corrected chi connectivity index (χ0v) is 50.8. The smallest absolute Gasteiger partial charge is 0.268 e. The minimum Gasteiger partial charge on any atom is -0.756 e. The molecule has 73 heavy (non-hydrogen) atoms. The van der Waals surface area contributed by atoms with E-state index in [-0.39, 0.29) is 19.1 Å². The lowest BCUT2D eigenvalue weighted by Crippen LogP contribution is -2.46. The maximum Gasteiger partial charge on any atom is 0.268 e. The molecule has 3 unspecified atom stereocenters. The molecule has 0 saturated carbocycles. The van der Waals surface area contributed by atoms with Gasteiger partial charge in [0.2, 0.25) is 5.91 Å². The molecule has 0 aliphatic carbocycles. The van der Waals surface area contributed by atoms with Gasteiger partial charge in [0.1, 0.15) is 13.2 Å². The van der Waals surface area contributed by atoms with Crippen molar-refractivity contribution in [1.82, 2.24) is 5.32 Å². The predicted molar refractivity (Wildman–Crippen MR) is 316 cm³/mol. The Labute approximate surface area is 456 Å². The first-order chi connectivity index (χ1) is 35.5. The number of nitrogens with one attached hydrogen (secondary N) is 1. The summed E-state index contributed by atoms with van der Waals surface area (Å²) in [4.78, 5) is 25.4. The SMILES string of the molecule is CCCCCCCCCC/C=C\CCCCCCCCCCCCCCCCCCCCCCCCCCCCCCCC(=O)NC(COP(=O)([O-])OCC[N+](C)(C)C)C(O)CCCCCCCCCCCC. The Bertz CT molecular complexity index is 1200. The van der Waals surface area contributed by atoms with Gasteiger partial charge in [0.05, 0.1) is 39.9 Å². The molecule has 436 valence electrons. The number of carbonyl (C=O) groups is 1. The summed E-state index contributed by atoms with van der Waals surface area (Å²) in [5.41, 5.74) is 0. The average Bonchev–Trinajstić information content (AvgIpc) is 3.35. The minimum absolute atomic E-state index is 0.0155. The zero-order valence-electron chi connectivity index (χ0n) is 49.9. The lowest BCUT2D eigenvalue weighted by Gasteiger charge is -2.30. The summed E-state index contributed by atoms with van der Waals surface area (Å²) < 4.78 is 23.3. The summed E-state index contributed by atoms with van der Waals surface area (Å²) in [6.07, 6.45) is 70.3. The van der Waals surface area contributed by atoms with Crippen molar-refractivity contribution in [2.45, 2.75) is 353 Å². The molecular formula is C64H129N2O6P. The number of unbranched alkanes of at least 4 members (excludes halogenated alkanes) is 46. The van der Waals surface area contributed by atoms with Crippen molar-refractivity contribution in [2.24, 2.45) is 0 Å². The van der Waals surface area contributed by atoms with Gasteiger partial charge < -0.3 is 28.8 Å². The Morgan fingerprint density at radius 1 is 0.466 bits per heavy atom. The van der Waals surface area contributed by atoms with Crippen molar-refractivity contribution in [3.8, 4) is 0 Å². The van der Waals surface area contributed by atoms with Crippen LogP contribution < -0.4 is 10.2 Å². The minimum atomic E-state index is -4.56. The largest absolute Gasteiger partial charge is 0.756 e. The van der Waals surface area contributed by atoms with Gasteiger partial charge in [0, 0.05) is 6.42 Å². The first-order valence-electron chi connectivity index (χ1n) is 32.5. The number of amides is 1. The molecule has 2 N–H and O–H groups in total. The van der Waals surface area contributed by atoms with E-state index in [1.807, 2.05) is 21.1 Å². The number of hydrogen-bond acceptors (Lipinski definition) is 6. The summed E-state index contributed by atoms with van der Waals surface area (Å²) >= 11 is 0. The molecule has 0 aromatic rings. The summed E-state index contributed by atoms with van der Waals surface area (Å²) in [5.74, 6) is -0.159. The summed E-state index contributed by atoms with van der Waals surface area (Å²) in [6, 6.07) is -0.794. The van der Waals surface area contributed by atoms with E-state index in [1.54, 1.807) is 0 Å². The van der Waals surface area contributed by atoms with E-state index in [0.717, 1.165) is 38.5 Å². The highest BCUT2D eigenvalue weighted by atomic mass is 31.2. The van der Waals surface area contributed by atoms with Crippen LogP contribution in [-0.2, 0) is 18.4 Å². The average molecular weight is 1050 g/mol. The second-order valence-electron chi connectivity index (χ2n) is 23.8. The molecule has 0 aromatic heterocycles. The van der Waals surface area contributed by atoms with Crippen molar-refractivity contribution in [3.63, 3.8) is 0 Å². The normalized spacial score (nSPS) is 13.8. The van der Waals surface area contributed by atoms with E-state index in [0.29, 0.717) is 23.9 Å². The molecular weight excluding hydrogens is 924 g/mol. The number of aliphatic hydroxyl groups is 1. The van der Waals surface area contributed by atoms with Crippen molar-refractivity contribution in [2.75, 3.05) is 40.9 Å². The molecule has 0 aliphatic heterocycles. The molecule has 0 rings (SSSR count). The third-order valence-electron chi connectivity index (χ3n) is 15.3. The fourth-order valence-electron chi connectivity index (χ4n) is 10.2. The van der Waals surface area contributed by atoms with E-state index in [1.165, 1.54) is 276 Å². The highest BCUT2D eigenvalue weighted by Gasteiger charge is 2.24. The molecule has 3 atom stereocenters. The molecule has 0 aliphatic rings. The number of aliphatic hydroxyl groups excluding tert-OH is 1. The predicted octanol–water partition coefficient (Wildman–Crippen LogP) is 19.5. The lowest BCUT2D eigenvalue weighted by molar-refractivity contribution is -0.870. The number of allylic oxidation sites excluding steroid dienone is 2. The van der Waals surface area contributed by atoms with Crippen LogP contribution in [-0.4, -0.2) is 68.5 Å². The van der Waals surface area contributed by atoms with E-state index < -0.39 is 20.0 Å². The number of phosphoric ester groups is 1. The van der Waals surface area contributed by atoms with Crippen molar-refractivity contribution >= 4 is 13.7 Å². The molecule has 0 spiro atoms. The fourth-order valence-corrected chi connectivity index (χ4v) is 10.9. The number of quaternary nitrogens is 1. The van der Waals surface area contributed by atoms with Crippen LogP contribution in [0.4, 0.5) is 0 Å². The van der Waals surface area contributed by atoms with Gasteiger partial charge in [0.25, 0.3) is 7.82 Å². The molecule has 0 aromatic carbocycles. The van der Waals surface area contributed by atoms with E-state index in [2.05, 4.69) is 31.3 Å². The van der Waals surface area contributed by atoms with Crippen LogP contribution in [0.1, 0.15) is 341 Å². The number of hydrogen-bond donors (Lipinski definition) is 2. The van der Waals surface area contributed by atoms with Gasteiger partial charge in [-0.25, -0.2) is 0 Å². The third kappa shape index (κ3) is 58.8. The Morgan fingerprint density at radius 2 is 0.753 bits per heavy atom. The first kappa shape index (κ1) is 72.2. The van der Waals surface area contributed by atoms with Gasteiger partial charge in [0.15, 0.2) is 0 Å². The van der Waals surface area contributed by atoms with Crippen LogP contribution in [0, 0.1) is 0 Å². The maximum atomic E-state index is 12.9. The standard InChI is InChI=1S/C64H129N2O6P/c1-6-8-10-12-14-16-18-19-20-21-22-23-24-25-26-27-28-29-30-31-32-33-34-35-36-37-38-39-40-41-42-43-44-45-46-47-48-50-52-54-56-58-64(68)65-62(61-72-73(69,70)71-60-59-66(3,4)5)63(67)57-55-53-51-49-17-15-13-11-9-7-2/h21-22,62-63,67H,6-20,23-61H2,1-5H3,(H-,65,68,69,70)/b22-21-. The van der Waals surface area contributed by atoms with Gasteiger partial charge in [-0.15, -0.1) is 0 Å². The van der Waals surface area contributed by atoms with E-state index in [9.17, 15) is 19.4 Å². The molecule has 0 bridgehead atoms. The van der Waals surface area contributed by atoms with Crippen LogP contribution in [0.3, 0.4) is 0 Å². The monoisotopic (exact) mass is 1050 g/mol. The molecule has 0 saturated heterocycles. The first-order valence-corrected chi connectivity index (χ1v) is 34.0. The number of carbonyl (C=O) groups excluding carboxylic acids is 1. The van der Waals surface area contributed by atoms with Crippen molar-refractivity contribution in [3.05, 3.63) is 12.2 Å². The summed E-state index contributed by atoms with van der Waals surface area (Å²) in [6.45, 7) is 4.74. The number of phosphoric acid groups is 1. The molecule has 0 heterocycles. The molecule has 8 nitrogen and oxygen atoms in total. The second-order valence-corrected chi connectivity index (χ2v) is 25.2. The van der Waals surface area contributed by atoms with Gasteiger partial charge in [-0.1, -0.05) is 309 Å². The van der Waals surface area contributed by atoms with Gasteiger partial charge in [-0.05, 0) is 38.5 Å². The highest BCUT2D eigenvalue weighted by molar-refractivity contribution is 7.45. The molecule has 0 fully saturated rings. The van der Waals surface area contributed by atoms with Gasteiger partial charge in [-0.3, -0.25) is 9.36 Å². The topological polar surface area (TPSA) is 108 Å². The molecule has 9 heteroatoms. The van der Waals surface area contributed by atoms with Gasteiger partial charge >= 0.3 is 0 Å². The number of rotatable bonds is 61. The lowest BCUT2D eigenvalue weighted by atomic mass is 10.0. The van der Waals surface area contributed by atoms with E-state index >= 15 is 0 Å². The van der Waals surface area contributed by atoms with Crippen molar-refractivity contribution < 1.29 is 32.9 Å². The second kappa shape index (κ2) is 56.0. The fraction of sp³-hybridized carbons (Fsp3) is 0.953. The molecule has 1 amide bonds. The van der Waals surface area contributed by atoms with Crippen LogP contribution in [0.15, 0.2) is 12.2 Å². The number of likely N-dealkylation sites (N-methyl/N-ethyl adjacent to an activating group) is 1. The van der Waals surface area contributed by atoms with Gasteiger partial charge in [-0.2, -0.15) is 0 Å². The van der Waals surface area contributed by atoms with Crippen molar-refractivity contribution in [1.29, 1.82) is 0 Å². The Morgan fingerprint density at radius 3 is 1.07 bits per heavy atom. The van der Waals surface area contributed by atoms with Crippen LogP contribution >= 0.6 is 7.82 Å². The van der Waals surface area contributed by atoms with Crippen LogP contribution in [0.25, 0.3) is 0 Å². The zero-order chi connectivity index (χ0) is 53.5. The highest BCUT2D eigenvalue weighted by Crippen LogP contribution is 2.38. The van der Waals surface area contributed by atoms with E-state index in [4.69, 9.17) is 9.05 Å². The van der Waals surface area contributed by atoms with Crippen LogP contribution in [0.2, 0.25) is 0 Å². The maximum absolute atomic E-state index is 12.9. The number of nitrogens with zero attached hydrogens (tertiary/aromatic N) is 1. The third-order valence-corrected chi connectivity index (χ3v) is 16.2. The summed E-state index contributed by atoms with van der Waals surface area (Å²) in [7, 11) is 1.32. The van der Waals surface area contributed by atoms with Crippen LogP contribution in [0.5, 0.6) is 0 Å². The Balaban J connectivity index is 3.72.